The standard InChI is InChI=1S/C39H46N8O5/c1-22-17-33-44-34(26-13-14-26)45-46(33)21-29(22)25-9-5-23(6-10-25)18-30(40)36(49)47(28-15-16-31-32(19-28)43-37(50)42-31)35(48)27-11-7-24(8-12-27)20-41-38(51)52-39(2,3)4/h5-6,9-10,15-17,19,21,24,26-27,30H,7-8,11-14,18,20,40H2,1-4H3,(H,41,51)(H2,42,43,50)/t24?,27?,30-/m0/s1. The Labute approximate surface area is 301 Å². The summed E-state index contributed by atoms with van der Waals surface area (Å²) < 4.78 is 7.20. The number of nitrogens with zero attached hydrogens (tertiary/aromatic N) is 4. The Bertz CT molecular complexity index is 2180. The summed E-state index contributed by atoms with van der Waals surface area (Å²) >= 11 is 0. The largest absolute Gasteiger partial charge is 0.444 e. The fraction of sp³-hybridized carbons (Fsp3) is 0.436. The molecule has 2 aliphatic carbocycles. The number of amides is 3. The number of imidazole rings is 1. The normalized spacial score (nSPS) is 18.3. The van der Waals surface area contributed by atoms with Gasteiger partial charge in [-0.15, -0.1) is 0 Å². The maximum absolute atomic E-state index is 14.2. The molecule has 0 spiro atoms. The van der Waals surface area contributed by atoms with Gasteiger partial charge in [0.2, 0.25) is 5.91 Å². The Balaban J connectivity index is 1.05. The van der Waals surface area contributed by atoms with Crippen LogP contribution in [0.15, 0.2) is 59.5 Å². The van der Waals surface area contributed by atoms with Crippen molar-refractivity contribution in [2.24, 2.45) is 17.6 Å². The second-order valence-corrected chi connectivity index (χ2v) is 15.3. The van der Waals surface area contributed by atoms with Crippen LogP contribution in [0.5, 0.6) is 0 Å². The molecule has 0 bridgehead atoms. The van der Waals surface area contributed by atoms with Crippen LogP contribution in [0.4, 0.5) is 10.5 Å². The van der Waals surface area contributed by atoms with Crippen molar-refractivity contribution in [1.82, 2.24) is 29.9 Å². The SMILES string of the molecule is Cc1cc2nc(C3CC3)nn2cc1-c1ccc(C[C@H](N)C(=O)N(C(=O)C2CCC(CNC(=O)OC(C)(C)C)CC2)c2ccc3[nH]c(=O)[nH]c3c2)cc1. The molecule has 272 valence electrons. The van der Waals surface area contributed by atoms with E-state index in [4.69, 9.17) is 20.6 Å². The lowest BCUT2D eigenvalue weighted by Gasteiger charge is -2.32. The third-order valence-corrected chi connectivity index (χ3v) is 10.0. The number of H-pyrrole nitrogens is 2. The Kier molecular flexibility index (Phi) is 9.47. The number of aromatic nitrogens is 5. The van der Waals surface area contributed by atoms with Crippen molar-refractivity contribution in [1.29, 1.82) is 0 Å². The predicted octanol–water partition coefficient (Wildman–Crippen LogP) is 5.51. The van der Waals surface area contributed by atoms with Gasteiger partial charge in [0.25, 0.3) is 5.91 Å². The number of pyridine rings is 1. The number of carbonyl (C=O) groups excluding carboxylic acids is 3. The Morgan fingerprint density at radius 1 is 1.00 bits per heavy atom. The molecular weight excluding hydrogens is 660 g/mol. The molecule has 3 heterocycles. The summed E-state index contributed by atoms with van der Waals surface area (Å²) in [5.74, 6) is 0.319. The number of rotatable bonds is 9. The lowest BCUT2D eigenvalue weighted by molar-refractivity contribution is -0.130. The monoisotopic (exact) mass is 706 g/mol. The smallest absolute Gasteiger partial charge is 0.407 e. The van der Waals surface area contributed by atoms with Crippen LogP contribution >= 0.6 is 0 Å². The molecule has 52 heavy (non-hydrogen) atoms. The molecule has 0 radical (unpaired) electrons. The van der Waals surface area contributed by atoms with Crippen molar-refractivity contribution in [3.05, 3.63) is 82.2 Å². The molecule has 0 aliphatic heterocycles. The molecule has 0 saturated heterocycles. The van der Waals surface area contributed by atoms with E-state index in [1.165, 1.54) is 4.90 Å². The molecule has 1 atom stereocenters. The fourth-order valence-electron chi connectivity index (χ4n) is 7.05. The minimum absolute atomic E-state index is 0.189. The van der Waals surface area contributed by atoms with Crippen LogP contribution in [0, 0.1) is 18.8 Å². The minimum Gasteiger partial charge on any atom is -0.444 e. The highest BCUT2D eigenvalue weighted by Crippen LogP contribution is 2.38. The molecule has 7 rings (SSSR count). The van der Waals surface area contributed by atoms with Gasteiger partial charge >= 0.3 is 11.8 Å². The first kappa shape index (κ1) is 35.1. The highest BCUT2D eigenvalue weighted by atomic mass is 16.6. The Hall–Kier alpha value is -5.30. The molecule has 3 aromatic heterocycles. The van der Waals surface area contributed by atoms with E-state index in [2.05, 4.69) is 28.3 Å². The number of aryl methyl sites for hydroxylation is 1. The van der Waals surface area contributed by atoms with Crippen LogP contribution in [0.2, 0.25) is 0 Å². The van der Waals surface area contributed by atoms with Gasteiger partial charge in [-0.2, -0.15) is 5.10 Å². The van der Waals surface area contributed by atoms with Crippen molar-refractivity contribution in [3.63, 3.8) is 0 Å². The molecule has 2 aromatic carbocycles. The average molecular weight is 707 g/mol. The number of hydrogen-bond donors (Lipinski definition) is 4. The number of hydrogen-bond acceptors (Lipinski definition) is 8. The minimum atomic E-state index is -1.00. The molecular formula is C39H46N8O5. The average Bonchev–Trinajstić information content (AvgIpc) is 3.77. The van der Waals surface area contributed by atoms with E-state index in [1.54, 1.807) is 18.2 Å². The summed E-state index contributed by atoms with van der Waals surface area (Å²) in [6, 6.07) is 13.9. The van der Waals surface area contributed by atoms with Gasteiger partial charge in [0.1, 0.15) is 5.60 Å². The molecule has 5 aromatic rings. The number of carbonyl (C=O) groups is 3. The molecule has 5 N–H and O–H groups in total. The van der Waals surface area contributed by atoms with E-state index in [0.717, 1.165) is 46.6 Å². The quantitative estimate of drug-likeness (QED) is 0.155. The summed E-state index contributed by atoms with van der Waals surface area (Å²) in [4.78, 5) is 63.8. The Morgan fingerprint density at radius 2 is 1.71 bits per heavy atom. The van der Waals surface area contributed by atoms with Crippen molar-refractivity contribution in [3.8, 4) is 11.1 Å². The molecule has 13 heteroatoms. The zero-order valence-electron chi connectivity index (χ0n) is 30.1. The number of benzene rings is 2. The van der Waals surface area contributed by atoms with Gasteiger partial charge in [-0.25, -0.2) is 24.0 Å². The van der Waals surface area contributed by atoms with E-state index < -0.39 is 29.6 Å². The van der Waals surface area contributed by atoms with Crippen LogP contribution < -0.4 is 21.6 Å². The number of fused-ring (bicyclic) bond motifs is 2. The molecule has 13 nitrogen and oxygen atoms in total. The molecule has 2 fully saturated rings. The van der Waals surface area contributed by atoms with Crippen molar-refractivity contribution in [2.75, 3.05) is 11.4 Å². The number of nitrogens with one attached hydrogen (secondary N) is 3. The number of imide groups is 1. The first-order chi connectivity index (χ1) is 24.8. The van der Waals surface area contributed by atoms with Crippen LogP contribution in [-0.4, -0.2) is 60.7 Å². The van der Waals surface area contributed by atoms with Crippen molar-refractivity contribution in [2.45, 2.75) is 90.2 Å². The van der Waals surface area contributed by atoms with Crippen LogP contribution in [0.3, 0.4) is 0 Å². The van der Waals surface area contributed by atoms with E-state index in [9.17, 15) is 19.2 Å². The second kappa shape index (κ2) is 14.0. The predicted molar refractivity (Wildman–Crippen MR) is 198 cm³/mol. The maximum Gasteiger partial charge on any atom is 0.407 e. The van der Waals surface area contributed by atoms with Crippen LogP contribution in [0.1, 0.15) is 82.2 Å². The molecule has 2 saturated carbocycles. The third kappa shape index (κ3) is 7.79. The van der Waals surface area contributed by atoms with Gasteiger partial charge in [0, 0.05) is 30.1 Å². The zero-order chi connectivity index (χ0) is 36.7. The molecule has 2 aliphatic rings. The van der Waals surface area contributed by atoms with E-state index in [-0.39, 0.29) is 23.9 Å². The van der Waals surface area contributed by atoms with Crippen LogP contribution in [-0.2, 0) is 20.7 Å². The lowest BCUT2D eigenvalue weighted by Crippen LogP contribution is -2.50. The zero-order valence-corrected chi connectivity index (χ0v) is 30.1. The van der Waals surface area contributed by atoms with E-state index in [1.807, 2.05) is 55.7 Å². The van der Waals surface area contributed by atoms with E-state index in [0.29, 0.717) is 54.9 Å². The first-order valence-corrected chi connectivity index (χ1v) is 18.1. The number of aromatic amines is 2. The third-order valence-electron chi connectivity index (χ3n) is 10.0. The first-order valence-electron chi connectivity index (χ1n) is 18.1. The summed E-state index contributed by atoms with van der Waals surface area (Å²) in [5.41, 5.74) is 11.9. The van der Waals surface area contributed by atoms with Crippen LogP contribution in [0.25, 0.3) is 27.8 Å². The van der Waals surface area contributed by atoms with Gasteiger partial charge in [-0.3, -0.25) is 9.59 Å². The summed E-state index contributed by atoms with van der Waals surface area (Å²) in [6.45, 7) is 7.96. The summed E-state index contributed by atoms with van der Waals surface area (Å²) in [5, 5.41) is 7.54. The maximum atomic E-state index is 14.2. The summed E-state index contributed by atoms with van der Waals surface area (Å²) in [6.07, 6.45) is 6.59. The van der Waals surface area contributed by atoms with Gasteiger partial charge in [-0.05, 0) is 120 Å². The lowest BCUT2D eigenvalue weighted by atomic mass is 9.81. The van der Waals surface area contributed by atoms with Gasteiger partial charge in [0.05, 0.1) is 22.8 Å². The van der Waals surface area contributed by atoms with Gasteiger partial charge < -0.3 is 25.8 Å². The number of ether oxygens (including phenoxy) is 1. The second-order valence-electron chi connectivity index (χ2n) is 15.3. The van der Waals surface area contributed by atoms with Gasteiger partial charge in [0.15, 0.2) is 11.5 Å². The molecule has 0 unspecified atom stereocenters. The number of nitrogens with two attached hydrogens (primary N) is 1. The summed E-state index contributed by atoms with van der Waals surface area (Å²) in [7, 11) is 0. The highest BCUT2D eigenvalue weighted by molar-refractivity contribution is 6.17. The Morgan fingerprint density at radius 3 is 2.40 bits per heavy atom. The number of anilines is 1. The topological polar surface area (TPSA) is 181 Å². The van der Waals surface area contributed by atoms with Crippen molar-refractivity contribution < 1.29 is 19.1 Å². The van der Waals surface area contributed by atoms with Gasteiger partial charge in [-0.1, -0.05) is 24.3 Å². The number of alkyl carbamates (subject to hydrolysis) is 1. The van der Waals surface area contributed by atoms with Crippen molar-refractivity contribution >= 4 is 40.3 Å². The molecule has 3 amide bonds. The van der Waals surface area contributed by atoms with E-state index >= 15 is 0 Å². The fourth-order valence-corrected chi connectivity index (χ4v) is 7.05. The highest BCUT2D eigenvalue weighted by Gasteiger charge is 2.36.